The standard InChI is InChI=1S/C19H31/c1-11-9-19(7,8)10-17(12(11)2)18-15(5)13(3)14(4)16(18)6/h9,12,15-17H,10H2,1-8H3. The smallest absolute Gasteiger partial charge is 0.00671 e. The minimum Gasteiger partial charge on any atom is -0.0796 e. The van der Waals surface area contributed by atoms with Gasteiger partial charge in [0.2, 0.25) is 0 Å². The van der Waals surface area contributed by atoms with Crippen molar-refractivity contribution in [1.29, 1.82) is 0 Å². The zero-order chi connectivity index (χ0) is 14.5. The van der Waals surface area contributed by atoms with Gasteiger partial charge in [0.1, 0.15) is 0 Å². The Morgan fingerprint density at radius 3 is 1.89 bits per heavy atom. The fourth-order valence-corrected chi connectivity index (χ4v) is 4.47. The van der Waals surface area contributed by atoms with E-state index in [1.54, 1.807) is 16.7 Å². The molecule has 1 radical (unpaired) electrons. The molecule has 0 saturated heterocycles. The SMILES string of the molecule is CC1=CC(C)(C)CC([C]2C(C)C(C)=C(C)C2C)C1C. The van der Waals surface area contributed by atoms with E-state index in [-0.39, 0.29) is 0 Å². The molecule has 2 aliphatic rings. The first-order chi connectivity index (χ1) is 8.65. The summed E-state index contributed by atoms with van der Waals surface area (Å²) in [4.78, 5) is 0. The van der Waals surface area contributed by atoms with E-state index in [9.17, 15) is 0 Å². The predicted octanol–water partition coefficient (Wildman–Crippen LogP) is 5.81. The lowest BCUT2D eigenvalue weighted by Gasteiger charge is -2.43. The second-order valence-electron chi connectivity index (χ2n) is 7.79. The molecule has 0 aromatic heterocycles. The third-order valence-electron chi connectivity index (χ3n) is 6.04. The van der Waals surface area contributed by atoms with Crippen LogP contribution in [0.1, 0.15) is 61.8 Å². The third-order valence-corrected chi connectivity index (χ3v) is 6.04. The van der Waals surface area contributed by atoms with Crippen molar-refractivity contribution in [3.8, 4) is 0 Å². The van der Waals surface area contributed by atoms with Gasteiger partial charge in [0.15, 0.2) is 0 Å². The van der Waals surface area contributed by atoms with Crippen molar-refractivity contribution >= 4 is 0 Å². The third kappa shape index (κ3) is 2.43. The summed E-state index contributed by atoms with van der Waals surface area (Å²) in [5.74, 6) is 4.65. The van der Waals surface area contributed by atoms with Crippen LogP contribution in [-0.2, 0) is 0 Å². The maximum atomic E-state index is 2.51. The summed E-state index contributed by atoms with van der Waals surface area (Å²) in [5.41, 5.74) is 5.20. The molecule has 0 aromatic rings. The van der Waals surface area contributed by atoms with E-state index in [0.717, 1.165) is 5.92 Å². The van der Waals surface area contributed by atoms with Gasteiger partial charge in [0, 0.05) is 0 Å². The average molecular weight is 259 g/mol. The van der Waals surface area contributed by atoms with Crippen LogP contribution >= 0.6 is 0 Å². The Morgan fingerprint density at radius 1 is 0.947 bits per heavy atom. The average Bonchev–Trinajstić information content (AvgIpc) is 2.49. The van der Waals surface area contributed by atoms with Crippen LogP contribution in [0.2, 0.25) is 0 Å². The fourth-order valence-electron chi connectivity index (χ4n) is 4.47. The van der Waals surface area contributed by atoms with Crippen LogP contribution < -0.4 is 0 Å². The van der Waals surface area contributed by atoms with Gasteiger partial charge in [-0.15, -0.1) is 0 Å². The lowest BCUT2D eigenvalue weighted by Crippen LogP contribution is -2.34. The van der Waals surface area contributed by atoms with Crippen molar-refractivity contribution in [2.45, 2.75) is 61.8 Å². The Bertz CT molecular complexity index is 403. The summed E-state index contributed by atoms with van der Waals surface area (Å²) in [6.45, 7) is 19.1. The van der Waals surface area contributed by atoms with Crippen molar-refractivity contribution < 1.29 is 0 Å². The highest BCUT2D eigenvalue weighted by molar-refractivity contribution is 5.36. The highest BCUT2D eigenvalue weighted by Crippen LogP contribution is 2.54. The Balaban J connectivity index is 2.31. The molecule has 0 bridgehead atoms. The van der Waals surface area contributed by atoms with Crippen LogP contribution in [-0.4, -0.2) is 0 Å². The zero-order valence-corrected chi connectivity index (χ0v) is 14.1. The highest BCUT2D eigenvalue weighted by atomic mass is 14.5. The van der Waals surface area contributed by atoms with Gasteiger partial charge < -0.3 is 0 Å². The van der Waals surface area contributed by atoms with E-state index in [1.165, 1.54) is 6.42 Å². The molecule has 0 fully saturated rings. The lowest BCUT2D eigenvalue weighted by atomic mass is 9.61. The molecule has 0 heteroatoms. The summed E-state index contributed by atoms with van der Waals surface area (Å²) in [5, 5.41) is 0. The summed E-state index contributed by atoms with van der Waals surface area (Å²) in [6.07, 6.45) is 3.82. The van der Waals surface area contributed by atoms with E-state index >= 15 is 0 Å². The monoisotopic (exact) mass is 259 g/mol. The molecule has 107 valence electrons. The van der Waals surface area contributed by atoms with E-state index < -0.39 is 0 Å². The molecule has 0 amide bonds. The van der Waals surface area contributed by atoms with E-state index in [2.05, 4.69) is 61.5 Å². The fraction of sp³-hybridized carbons (Fsp3) is 0.737. The van der Waals surface area contributed by atoms with E-state index in [4.69, 9.17) is 0 Å². The molecule has 0 saturated carbocycles. The van der Waals surface area contributed by atoms with Gasteiger partial charge in [-0.1, -0.05) is 57.4 Å². The Kier molecular flexibility index (Phi) is 3.75. The minimum absolute atomic E-state index is 0.359. The maximum Gasteiger partial charge on any atom is -0.00671 e. The molecule has 4 unspecified atom stereocenters. The first kappa shape index (κ1) is 14.9. The molecule has 4 atom stereocenters. The molecular weight excluding hydrogens is 228 g/mol. The number of hydrogen-bond acceptors (Lipinski definition) is 0. The summed E-state index contributed by atoms with van der Waals surface area (Å²) in [6, 6.07) is 0. The molecule has 2 aliphatic carbocycles. The van der Waals surface area contributed by atoms with Crippen LogP contribution in [0.3, 0.4) is 0 Å². The second-order valence-corrected chi connectivity index (χ2v) is 7.79. The van der Waals surface area contributed by atoms with Gasteiger partial charge in [-0.2, -0.15) is 0 Å². The number of allylic oxidation sites excluding steroid dienone is 4. The van der Waals surface area contributed by atoms with Gasteiger partial charge in [-0.25, -0.2) is 0 Å². The Morgan fingerprint density at radius 2 is 1.42 bits per heavy atom. The summed E-state index contributed by atoms with van der Waals surface area (Å²) < 4.78 is 0. The van der Waals surface area contributed by atoms with Crippen LogP contribution in [0.25, 0.3) is 0 Å². The van der Waals surface area contributed by atoms with Crippen molar-refractivity contribution in [1.82, 2.24) is 0 Å². The van der Waals surface area contributed by atoms with Crippen LogP contribution in [0.15, 0.2) is 22.8 Å². The first-order valence-corrected chi connectivity index (χ1v) is 7.89. The van der Waals surface area contributed by atoms with Crippen molar-refractivity contribution in [2.24, 2.45) is 29.1 Å². The van der Waals surface area contributed by atoms with Gasteiger partial charge in [0.25, 0.3) is 0 Å². The molecule has 2 rings (SSSR count). The van der Waals surface area contributed by atoms with E-state index in [1.807, 2.05) is 5.92 Å². The second kappa shape index (κ2) is 4.79. The van der Waals surface area contributed by atoms with Gasteiger partial charge >= 0.3 is 0 Å². The largest absolute Gasteiger partial charge is 0.0796 e. The lowest BCUT2D eigenvalue weighted by molar-refractivity contribution is 0.231. The first-order valence-electron chi connectivity index (χ1n) is 7.89. The molecule has 0 spiro atoms. The predicted molar refractivity (Wildman–Crippen MR) is 84.8 cm³/mol. The maximum absolute atomic E-state index is 2.51. The quantitative estimate of drug-likeness (QED) is 0.521. The molecule has 19 heavy (non-hydrogen) atoms. The van der Waals surface area contributed by atoms with Gasteiger partial charge in [-0.05, 0) is 62.2 Å². The van der Waals surface area contributed by atoms with Gasteiger partial charge in [-0.3, -0.25) is 0 Å². The molecule has 0 aliphatic heterocycles. The molecule has 0 nitrogen and oxygen atoms in total. The van der Waals surface area contributed by atoms with Crippen LogP contribution in [0.4, 0.5) is 0 Å². The minimum atomic E-state index is 0.359. The van der Waals surface area contributed by atoms with Crippen LogP contribution in [0, 0.1) is 35.0 Å². The summed E-state index contributed by atoms with van der Waals surface area (Å²) >= 11 is 0. The number of hydrogen-bond donors (Lipinski definition) is 0. The van der Waals surface area contributed by atoms with Crippen molar-refractivity contribution in [2.75, 3.05) is 0 Å². The molecular formula is C19H31. The van der Waals surface area contributed by atoms with Crippen LogP contribution in [0.5, 0.6) is 0 Å². The van der Waals surface area contributed by atoms with Crippen molar-refractivity contribution in [3.05, 3.63) is 28.7 Å². The zero-order valence-electron chi connectivity index (χ0n) is 14.1. The summed E-state index contributed by atoms with van der Waals surface area (Å²) in [7, 11) is 0. The molecule has 0 heterocycles. The molecule has 0 aromatic carbocycles. The topological polar surface area (TPSA) is 0 Å². The molecule has 0 N–H and O–H groups in total. The van der Waals surface area contributed by atoms with E-state index in [0.29, 0.717) is 23.2 Å². The number of rotatable bonds is 1. The Hall–Kier alpha value is -0.520. The normalized spacial score (nSPS) is 39.7. The van der Waals surface area contributed by atoms with Crippen molar-refractivity contribution in [3.63, 3.8) is 0 Å². The highest BCUT2D eigenvalue weighted by Gasteiger charge is 2.44. The Labute approximate surface area is 120 Å². The van der Waals surface area contributed by atoms with Gasteiger partial charge in [0.05, 0.1) is 0 Å².